The Morgan fingerprint density at radius 3 is 2.88 bits per heavy atom. The molecule has 1 atom stereocenters. The molecule has 4 rings (SSSR count). The SMILES string of the molecule is Cc1ncsc1CCOc1ccc(Cc2cc(C3=CC=CN(COP(=O)(O)O)C3N)on2)cn1. The summed E-state index contributed by atoms with van der Waals surface area (Å²) in [7, 11) is -4.61. The van der Waals surface area contributed by atoms with E-state index < -0.39 is 14.0 Å². The second-order valence-corrected chi connectivity index (χ2v) is 9.67. The minimum absolute atomic E-state index is 0.371. The van der Waals surface area contributed by atoms with Crippen LogP contribution in [0.3, 0.4) is 0 Å². The number of thiazole rings is 1. The summed E-state index contributed by atoms with van der Waals surface area (Å²) in [6.45, 7) is 2.15. The van der Waals surface area contributed by atoms with Gasteiger partial charge in [0.05, 0.1) is 23.5 Å². The van der Waals surface area contributed by atoms with Gasteiger partial charge in [0.1, 0.15) is 12.9 Å². The second-order valence-electron chi connectivity index (χ2n) is 7.49. The maximum atomic E-state index is 11.0. The molecule has 0 bridgehead atoms. The highest BCUT2D eigenvalue weighted by Crippen LogP contribution is 2.36. The molecule has 1 aliphatic heterocycles. The van der Waals surface area contributed by atoms with Crippen molar-refractivity contribution in [3.05, 3.63) is 75.8 Å². The molecule has 11 nitrogen and oxygen atoms in total. The van der Waals surface area contributed by atoms with E-state index in [1.165, 1.54) is 9.78 Å². The summed E-state index contributed by atoms with van der Waals surface area (Å²) in [4.78, 5) is 29.1. The highest BCUT2D eigenvalue weighted by atomic mass is 32.1. The maximum absolute atomic E-state index is 11.0. The summed E-state index contributed by atoms with van der Waals surface area (Å²) in [6, 6.07) is 5.51. The van der Waals surface area contributed by atoms with Crippen molar-refractivity contribution < 1.29 is 28.1 Å². The topological polar surface area (TPSA) is 157 Å². The third kappa shape index (κ3) is 6.38. The third-order valence-electron chi connectivity index (χ3n) is 5.05. The van der Waals surface area contributed by atoms with Gasteiger partial charge in [0.15, 0.2) is 5.76 Å². The van der Waals surface area contributed by atoms with Crippen LogP contribution in [0.1, 0.15) is 27.6 Å². The number of nitrogens with two attached hydrogens (primary N) is 1. The van der Waals surface area contributed by atoms with Crippen molar-refractivity contribution >= 4 is 24.7 Å². The van der Waals surface area contributed by atoms with Crippen LogP contribution in [0, 0.1) is 6.92 Å². The highest BCUT2D eigenvalue weighted by molar-refractivity contribution is 7.46. The normalized spacial score (nSPS) is 16.1. The predicted molar refractivity (Wildman–Crippen MR) is 125 cm³/mol. The van der Waals surface area contributed by atoms with Gasteiger partial charge in [-0.2, -0.15) is 0 Å². The Balaban J connectivity index is 1.32. The fourth-order valence-corrected chi connectivity index (χ4v) is 4.32. The molecule has 0 aromatic carbocycles. The third-order valence-corrected chi connectivity index (χ3v) is 6.50. The van der Waals surface area contributed by atoms with Crippen LogP contribution in [0.4, 0.5) is 0 Å². The van der Waals surface area contributed by atoms with Gasteiger partial charge in [-0.15, -0.1) is 11.3 Å². The molecule has 4 heterocycles. The molecule has 0 spiro atoms. The number of rotatable bonds is 10. The fourth-order valence-electron chi connectivity index (χ4n) is 3.28. The summed E-state index contributed by atoms with van der Waals surface area (Å²) >= 11 is 1.62. The molecule has 3 aromatic rings. The van der Waals surface area contributed by atoms with Gasteiger partial charge in [-0.3, -0.25) is 4.52 Å². The van der Waals surface area contributed by atoms with E-state index in [2.05, 4.69) is 19.6 Å². The van der Waals surface area contributed by atoms with E-state index in [9.17, 15) is 4.57 Å². The summed E-state index contributed by atoms with van der Waals surface area (Å²) in [5, 5.41) is 4.11. The molecular formula is C21H24N5O6PS. The van der Waals surface area contributed by atoms with Gasteiger partial charge in [0.2, 0.25) is 5.88 Å². The fraction of sp³-hybridized carbons (Fsp3) is 0.286. The number of ether oxygens (including phenoxy) is 1. The van der Waals surface area contributed by atoms with E-state index in [4.69, 9.17) is 24.8 Å². The van der Waals surface area contributed by atoms with Crippen molar-refractivity contribution in [1.82, 2.24) is 20.0 Å². The lowest BCUT2D eigenvalue weighted by Crippen LogP contribution is -2.41. The van der Waals surface area contributed by atoms with Crippen molar-refractivity contribution in [2.24, 2.45) is 5.73 Å². The zero-order chi connectivity index (χ0) is 24.1. The van der Waals surface area contributed by atoms with Crippen LogP contribution in [0.2, 0.25) is 0 Å². The lowest BCUT2D eigenvalue weighted by atomic mass is 10.1. The number of hydrogen-bond donors (Lipinski definition) is 3. The first kappa shape index (κ1) is 24.3. The summed E-state index contributed by atoms with van der Waals surface area (Å²) in [6.07, 6.45) is 7.32. The number of aromatic nitrogens is 3. The van der Waals surface area contributed by atoms with Crippen molar-refractivity contribution in [1.29, 1.82) is 0 Å². The standard InChI is InChI=1S/C21H24N5O6PS/c1-14-19(34-12-24-14)6-8-30-20-5-4-15(11-23-20)9-16-10-18(32-25-16)17-3-2-7-26(21(17)22)13-31-33(27,28)29/h2-5,7,10-12,21H,6,8-9,13,22H2,1H3,(H2,27,28,29). The Labute approximate surface area is 199 Å². The number of allylic oxidation sites excluding steroid dienone is 2. The van der Waals surface area contributed by atoms with Crippen LogP contribution in [0.5, 0.6) is 5.88 Å². The Bertz CT molecular complexity index is 1220. The minimum atomic E-state index is -4.61. The predicted octanol–water partition coefficient (Wildman–Crippen LogP) is 2.61. The summed E-state index contributed by atoms with van der Waals surface area (Å²) < 4.78 is 26.7. The number of nitrogens with zero attached hydrogens (tertiary/aromatic N) is 4. The van der Waals surface area contributed by atoms with Crippen molar-refractivity contribution in [3.8, 4) is 5.88 Å². The molecule has 1 aliphatic rings. The molecule has 0 saturated heterocycles. The second kappa shape index (κ2) is 10.6. The largest absolute Gasteiger partial charge is 0.477 e. The average molecular weight is 505 g/mol. The Hall–Kier alpha value is -2.86. The first-order valence-corrected chi connectivity index (χ1v) is 12.7. The van der Waals surface area contributed by atoms with E-state index in [-0.39, 0.29) is 6.73 Å². The maximum Gasteiger partial charge on any atom is 0.471 e. The van der Waals surface area contributed by atoms with E-state index in [0.29, 0.717) is 35.9 Å². The quantitative estimate of drug-likeness (QED) is 0.348. The number of aryl methyl sites for hydroxylation is 1. The van der Waals surface area contributed by atoms with Crippen LogP contribution in [-0.2, 0) is 21.9 Å². The lowest BCUT2D eigenvalue weighted by Gasteiger charge is -2.30. The Morgan fingerprint density at radius 2 is 2.18 bits per heavy atom. The van der Waals surface area contributed by atoms with Crippen LogP contribution < -0.4 is 10.5 Å². The summed E-state index contributed by atoms with van der Waals surface area (Å²) in [5.74, 6) is 1.01. The zero-order valence-electron chi connectivity index (χ0n) is 18.3. The molecule has 3 aromatic heterocycles. The smallest absolute Gasteiger partial charge is 0.471 e. The Kier molecular flexibility index (Phi) is 7.57. The average Bonchev–Trinajstić information content (AvgIpc) is 3.43. The zero-order valence-corrected chi connectivity index (χ0v) is 20.0. The molecule has 0 aliphatic carbocycles. The van der Waals surface area contributed by atoms with Gasteiger partial charge in [0.25, 0.3) is 0 Å². The number of pyridine rings is 1. The molecule has 0 saturated carbocycles. The first-order chi connectivity index (χ1) is 16.3. The number of hydrogen-bond acceptors (Lipinski definition) is 10. The van der Waals surface area contributed by atoms with Gasteiger partial charge in [-0.1, -0.05) is 17.3 Å². The molecule has 0 amide bonds. The van der Waals surface area contributed by atoms with E-state index in [1.807, 2.05) is 24.6 Å². The molecular weight excluding hydrogens is 481 g/mol. The molecule has 0 fully saturated rings. The van der Waals surface area contributed by atoms with Crippen LogP contribution >= 0.6 is 19.2 Å². The van der Waals surface area contributed by atoms with Crippen molar-refractivity contribution in [2.75, 3.05) is 13.3 Å². The number of phosphoric ester groups is 1. The van der Waals surface area contributed by atoms with Crippen LogP contribution in [-0.4, -0.2) is 49.3 Å². The summed E-state index contributed by atoms with van der Waals surface area (Å²) in [5.41, 5.74) is 11.3. The highest BCUT2D eigenvalue weighted by Gasteiger charge is 2.25. The van der Waals surface area contributed by atoms with Gasteiger partial charge in [-0.05, 0) is 18.6 Å². The van der Waals surface area contributed by atoms with Crippen molar-refractivity contribution in [2.45, 2.75) is 25.9 Å². The van der Waals surface area contributed by atoms with E-state index >= 15 is 0 Å². The van der Waals surface area contributed by atoms with E-state index in [1.54, 1.807) is 42.0 Å². The van der Waals surface area contributed by atoms with Gasteiger partial charge < -0.3 is 29.7 Å². The van der Waals surface area contributed by atoms with Crippen molar-refractivity contribution in [3.63, 3.8) is 0 Å². The van der Waals surface area contributed by atoms with Crippen LogP contribution in [0.25, 0.3) is 5.57 Å². The first-order valence-electron chi connectivity index (χ1n) is 10.3. The minimum Gasteiger partial charge on any atom is -0.477 e. The molecule has 0 radical (unpaired) electrons. The van der Waals surface area contributed by atoms with Gasteiger partial charge in [0, 0.05) is 47.8 Å². The van der Waals surface area contributed by atoms with Crippen LogP contribution in [0.15, 0.2) is 52.8 Å². The Morgan fingerprint density at radius 1 is 1.32 bits per heavy atom. The monoisotopic (exact) mass is 505 g/mol. The lowest BCUT2D eigenvalue weighted by molar-refractivity contribution is 0.110. The molecule has 13 heteroatoms. The molecule has 4 N–H and O–H groups in total. The number of phosphoric acid groups is 1. The van der Waals surface area contributed by atoms with E-state index in [0.717, 1.165) is 17.7 Å². The molecule has 180 valence electrons. The van der Waals surface area contributed by atoms with Gasteiger partial charge in [-0.25, -0.2) is 14.5 Å². The van der Waals surface area contributed by atoms with Gasteiger partial charge >= 0.3 is 7.82 Å². The molecule has 34 heavy (non-hydrogen) atoms. The molecule has 1 unspecified atom stereocenters.